The lowest BCUT2D eigenvalue weighted by atomic mass is 10.2. The maximum Gasteiger partial charge on any atom is 0.241 e. The highest BCUT2D eigenvalue weighted by molar-refractivity contribution is 7.07. The molecule has 5 nitrogen and oxygen atoms in total. The Bertz CT molecular complexity index is 605. The lowest BCUT2D eigenvalue weighted by molar-refractivity contribution is -0.117. The second-order valence-corrected chi connectivity index (χ2v) is 5.65. The second kappa shape index (κ2) is 9.72. The van der Waals surface area contributed by atoms with Crippen LogP contribution in [0, 0.1) is 0 Å². The van der Waals surface area contributed by atoms with E-state index in [1.54, 1.807) is 16.8 Å². The number of carbonyl (C=O) groups excluding carboxylic acids is 1. The molecule has 0 saturated carbocycles. The van der Waals surface area contributed by atoms with Gasteiger partial charge in [-0.2, -0.15) is 0 Å². The first kappa shape index (κ1) is 19.7. The van der Waals surface area contributed by atoms with Crippen molar-refractivity contribution in [2.45, 2.75) is 25.5 Å². The van der Waals surface area contributed by atoms with E-state index >= 15 is 0 Å². The van der Waals surface area contributed by atoms with Gasteiger partial charge >= 0.3 is 0 Å². The molecule has 0 bridgehead atoms. The number of anilines is 1. The molecular weight excluding hydrogens is 357 g/mol. The number of benzene rings is 1. The van der Waals surface area contributed by atoms with Crippen LogP contribution in [-0.4, -0.2) is 23.5 Å². The molecule has 126 valence electrons. The highest BCUT2D eigenvalue weighted by Crippen LogP contribution is 2.19. The second-order valence-electron chi connectivity index (χ2n) is 4.93. The van der Waals surface area contributed by atoms with E-state index in [-0.39, 0.29) is 36.8 Å². The molecule has 2 aromatic rings. The molecule has 1 atom stereocenters. The standard InChI is InChI=1S/C15H17N3O2S.2ClH/c19-15(14-5-2-6-16-14)18-11-3-1-4-13(7-11)20-8-12-9-21-10-17-12;;/h1,3-4,7,9-10,14,16H,2,5-6,8H2,(H,18,19);2*1H. The van der Waals surface area contributed by atoms with Gasteiger partial charge in [0.05, 0.1) is 17.2 Å². The maximum absolute atomic E-state index is 12.0. The van der Waals surface area contributed by atoms with Crippen molar-refractivity contribution in [2.24, 2.45) is 0 Å². The van der Waals surface area contributed by atoms with Crippen molar-refractivity contribution in [1.29, 1.82) is 0 Å². The van der Waals surface area contributed by atoms with E-state index in [1.165, 1.54) is 0 Å². The fraction of sp³-hybridized carbons (Fsp3) is 0.333. The summed E-state index contributed by atoms with van der Waals surface area (Å²) >= 11 is 1.55. The molecule has 3 rings (SSSR count). The van der Waals surface area contributed by atoms with Crippen molar-refractivity contribution in [3.63, 3.8) is 0 Å². The Morgan fingerprint density at radius 1 is 1.43 bits per heavy atom. The fourth-order valence-corrected chi connectivity index (χ4v) is 2.81. The van der Waals surface area contributed by atoms with E-state index in [0.29, 0.717) is 6.61 Å². The predicted molar refractivity (Wildman–Crippen MR) is 97.0 cm³/mol. The number of carbonyl (C=O) groups is 1. The van der Waals surface area contributed by atoms with Gasteiger partial charge in [0.25, 0.3) is 0 Å². The Labute approximate surface area is 151 Å². The molecule has 1 fully saturated rings. The van der Waals surface area contributed by atoms with Crippen molar-refractivity contribution in [2.75, 3.05) is 11.9 Å². The third-order valence-electron chi connectivity index (χ3n) is 3.35. The average Bonchev–Trinajstić information content (AvgIpc) is 3.19. The summed E-state index contributed by atoms with van der Waals surface area (Å²) in [7, 11) is 0. The number of ether oxygens (including phenoxy) is 1. The molecule has 1 amide bonds. The summed E-state index contributed by atoms with van der Waals surface area (Å²) in [5.41, 5.74) is 3.44. The summed E-state index contributed by atoms with van der Waals surface area (Å²) in [5, 5.41) is 8.06. The van der Waals surface area contributed by atoms with E-state index in [2.05, 4.69) is 15.6 Å². The number of halogens is 2. The summed E-state index contributed by atoms with van der Waals surface area (Å²) in [6.45, 7) is 1.35. The topological polar surface area (TPSA) is 63.2 Å². The molecule has 1 unspecified atom stereocenters. The van der Waals surface area contributed by atoms with E-state index < -0.39 is 0 Å². The molecule has 1 aliphatic rings. The van der Waals surface area contributed by atoms with Crippen LogP contribution >= 0.6 is 36.2 Å². The van der Waals surface area contributed by atoms with Crippen LogP contribution in [0.15, 0.2) is 35.2 Å². The lowest BCUT2D eigenvalue weighted by Gasteiger charge is -2.12. The lowest BCUT2D eigenvalue weighted by Crippen LogP contribution is -2.35. The number of hydrogen-bond acceptors (Lipinski definition) is 5. The molecule has 8 heteroatoms. The Morgan fingerprint density at radius 3 is 3.00 bits per heavy atom. The fourth-order valence-electron chi connectivity index (χ4n) is 2.27. The number of nitrogens with zero attached hydrogens (tertiary/aromatic N) is 1. The largest absolute Gasteiger partial charge is 0.487 e. The summed E-state index contributed by atoms with van der Waals surface area (Å²) in [5.74, 6) is 0.740. The molecule has 1 aromatic carbocycles. The minimum absolute atomic E-state index is 0. The number of aromatic nitrogens is 1. The van der Waals surface area contributed by atoms with Gasteiger partial charge < -0.3 is 15.4 Å². The van der Waals surface area contributed by atoms with Crippen molar-refractivity contribution in [1.82, 2.24) is 10.3 Å². The monoisotopic (exact) mass is 375 g/mol. The summed E-state index contributed by atoms with van der Waals surface area (Å²) in [4.78, 5) is 16.2. The Hall–Kier alpha value is -1.34. The third-order valence-corrected chi connectivity index (χ3v) is 3.98. The third kappa shape index (κ3) is 5.66. The van der Waals surface area contributed by atoms with Gasteiger partial charge in [-0.1, -0.05) is 6.07 Å². The Kier molecular flexibility index (Phi) is 8.33. The van der Waals surface area contributed by atoms with Crippen LogP contribution in [0.4, 0.5) is 5.69 Å². The smallest absolute Gasteiger partial charge is 0.241 e. The van der Waals surface area contributed by atoms with Gasteiger partial charge in [0.2, 0.25) is 5.91 Å². The van der Waals surface area contributed by atoms with Crippen molar-refractivity contribution in [3.8, 4) is 5.75 Å². The number of hydrogen-bond donors (Lipinski definition) is 2. The molecule has 1 aromatic heterocycles. The van der Waals surface area contributed by atoms with Gasteiger partial charge in [-0.05, 0) is 31.5 Å². The van der Waals surface area contributed by atoms with Gasteiger partial charge in [0.1, 0.15) is 12.4 Å². The predicted octanol–water partition coefficient (Wildman–Crippen LogP) is 3.26. The first-order chi connectivity index (χ1) is 10.3. The molecule has 0 radical (unpaired) electrons. The van der Waals surface area contributed by atoms with Crippen molar-refractivity contribution >= 4 is 47.7 Å². The molecule has 2 N–H and O–H groups in total. The molecule has 0 aliphatic carbocycles. The van der Waals surface area contributed by atoms with E-state index in [0.717, 1.165) is 36.5 Å². The first-order valence-electron chi connectivity index (χ1n) is 6.95. The summed E-state index contributed by atoms with van der Waals surface area (Å²) in [6.07, 6.45) is 1.95. The van der Waals surface area contributed by atoms with Crippen molar-refractivity contribution in [3.05, 3.63) is 40.8 Å². The highest BCUT2D eigenvalue weighted by Gasteiger charge is 2.21. The van der Waals surface area contributed by atoms with Gasteiger partial charge in [-0.3, -0.25) is 4.79 Å². The molecule has 2 heterocycles. The van der Waals surface area contributed by atoms with Crippen LogP contribution in [0.5, 0.6) is 5.75 Å². The molecular formula is C15H19Cl2N3O2S. The van der Waals surface area contributed by atoms with Crippen LogP contribution in [0.25, 0.3) is 0 Å². The number of nitrogens with one attached hydrogen (secondary N) is 2. The van der Waals surface area contributed by atoms with Crippen LogP contribution in [0.1, 0.15) is 18.5 Å². The zero-order chi connectivity index (χ0) is 14.5. The van der Waals surface area contributed by atoms with Crippen molar-refractivity contribution < 1.29 is 9.53 Å². The van der Waals surface area contributed by atoms with E-state index in [1.807, 2.05) is 29.6 Å². The number of amides is 1. The zero-order valence-corrected chi connectivity index (χ0v) is 14.8. The van der Waals surface area contributed by atoms with Crippen LogP contribution < -0.4 is 15.4 Å². The number of rotatable bonds is 5. The highest BCUT2D eigenvalue weighted by atomic mass is 35.5. The Morgan fingerprint density at radius 2 is 2.30 bits per heavy atom. The van der Waals surface area contributed by atoms with Crippen LogP contribution in [0.3, 0.4) is 0 Å². The van der Waals surface area contributed by atoms with Gasteiger partial charge in [0, 0.05) is 17.1 Å². The maximum atomic E-state index is 12.0. The van der Waals surface area contributed by atoms with Crippen LogP contribution in [-0.2, 0) is 11.4 Å². The van der Waals surface area contributed by atoms with E-state index in [9.17, 15) is 4.79 Å². The normalized spacial score (nSPS) is 16.1. The molecule has 1 aliphatic heterocycles. The van der Waals surface area contributed by atoms with Crippen LogP contribution in [0.2, 0.25) is 0 Å². The quantitative estimate of drug-likeness (QED) is 0.841. The van der Waals surface area contributed by atoms with Gasteiger partial charge in [0.15, 0.2) is 0 Å². The summed E-state index contributed by atoms with van der Waals surface area (Å²) in [6, 6.07) is 7.36. The Balaban J connectivity index is 0.00000132. The minimum Gasteiger partial charge on any atom is -0.487 e. The summed E-state index contributed by atoms with van der Waals surface area (Å²) < 4.78 is 5.68. The first-order valence-corrected chi connectivity index (χ1v) is 7.90. The molecule has 1 saturated heterocycles. The van der Waals surface area contributed by atoms with Gasteiger partial charge in [-0.15, -0.1) is 36.2 Å². The SMILES string of the molecule is Cl.Cl.O=C(Nc1cccc(OCc2cscn2)c1)C1CCCN1. The molecule has 0 spiro atoms. The average molecular weight is 376 g/mol. The van der Waals surface area contributed by atoms with Gasteiger partial charge in [-0.25, -0.2) is 4.98 Å². The van der Waals surface area contributed by atoms with E-state index in [4.69, 9.17) is 4.74 Å². The minimum atomic E-state index is -0.0791. The zero-order valence-electron chi connectivity index (χ0n) is 12.4. The molecule has 23 heavy (non-hydrogen) atoms. The number of thiazole rings is 1.